The first-order valence-corrected chi connectivity index (χ1v) is 6.41. The summed E-state index contributed by atoms with van der Waals surface area (Å²) < 4.78 is 15.8. The fraction of sp³-hybridized carbons (Fsp3) is 0.357. The third kappa shape index (κ3) is 4.31. The van der Waals surface area contributed by atoms with Gasteiger partial charge in [0.2, 0.25) is 5.75 Å². The van der Waals surface area contributed by atoms with E-state index < -0.39 is 0 Å². The minimum atomic E-state index is 0.502. The van der Waals surface area contributed by atoms with Gasteiger partial charge in [-0.25, -0.2) is 0 Å². The van der Waals surface area contributed by atoms with Gasteiger partial charge in [-0.15, -0.1) is 0 Å². The summed E-state index contributed by atoms with van der Waals surface area (Å²) in [5.41, 5.74) is 1.75. The molecule has 1 rings (SSSR count). The van der Waals surface area contributed by atoms with Crippen LogP contribution < -0.4 is 24.8 Å². The van der Waals surface area contributed by atoms with Crippen LogP contribution in [0.2, 0.25) is 0 Å². The zero-order valence-corrected chi connectivity index (χ0v) is 13.0. The number of benzene rings is 1. The lowest BCUT2D eigenvalue weighted by molar-refractivity contribution is 0.324. The maximum atomic E-state index is 5.28. The molecule has 0 unspecified atom stereocenters. The molecule has 0 aromatic heterocycles. The minimum Gasteiger partial charge on any atom is -0.493 e. The molecule has 0 saturated carbocycles. The van der Waals surface area contributed by atoms with Gasteiger partial charge in [0, 0.05) is 24.4 Å². The number of ether oxygens (including phenoxy) is 3. The van der Waals surface area contributed by atoms with E-state index in [9.17, 15) is 0 Å². The lowest BCUT2D eigenvalue weighted by Gasteiger charge is -2.16. The van der Waals surface area contributed by atoms with Crippen LogP contribution in [-0.4, -0.2) is 33.0 Å². The van der Waals surface area contributed by atoms with Crippen molar-refractivity contribution in [2.75, 3.05) is 33.2 Å². The first-order chi connectivity index (χ1) is 9.51. The van der Waals surface area contributed by atoms with Crippen LogP contribution in [0.5, 0.6) is 17.2 Å². The molecule has 0 aliphatic rings. The van der Waals surface area contributed by atoms with Gasteiger partial charge in [-0.1, -0.05) is 12.2 Å². The maximum Gasteiger partial charge on any atom is 0.203 e. The quantitative estimate of drug-likeness (QED) is 0.621. The monoisotopic (exact) mass is 296 g/mol. The van der Waals surface area contributed by atoms with Crippen molar-refractivity contribution < 1.29 is 14.2 Å². The molecule has 5 nitrogen and oxygen atoms in total. The summed E-state index contributed by atoms with van der Waals surface area (Å²) in [7, 11) is 4.70. The van der Waals surface area contributed by atoms with E-state index in [2.05, 4.69) is 17.2 Å². The van der Waals surface area contributed by atoms with Crippen LogP contribution in [0.25, 0.3) is 0 Å². The first-order valence-electron chi connectivity index (χ1n) is 6.01. The summed E-state index contributed by atoms with van der Waals surface area (Å²) in [5, 5.41) is 6.61. The molecule has 2 N–H and O–H groups in total. The van der Waals surface area contributed by atoms with Gasteiger partial charge in [-0.2, -0.15) is 0 Å². The van der Waals surface area contributed by atoms with E-state index in [1.165, 1.54) is 0 Å². The Labute approximate surface area is 124 Å². The Morgan fingerprint density at radius 2 is 1.70 bits per heavy atom. The lowest BCUT2D eigenvalue weighted by atomic mass is 10.2. The molecule has 0 aliphatic carbocycles. The normalized spacial score (nSPS) is 9.60. The van der Waals surface area contributed by atoms with E-state index in [1.54, 1.807) is 33.5 Å². The molecule has 0 aliphatic heterocycles. The molecule has 20 heavy (non-hydrogen) atoms. The number of thiocarbonyl (C=S) groups is 1. The molecule has 0 saturated heterocycles. The third-order valence-corrected chi connectivity index (χ3v) is 2.72. The zero-order valence-electron chi connectivity index (χ0n) is 12.2. The Balaban J connectivity index is 2.90. The molecular weight excluding hydrogens is 276 g/mol. The summed E-state index contributed by atoms with van der Waals surface area (Å²) in [4.78, 5) is 0. The topological polar surface area (TPSA) is 51.8 Å². The van der Waals surface area contributed by atoms with Crippen LogP contribution >= 0.6 is 12.2 Å². The molecular formula is C14H20N2O3S. The van der Waals surface area contributed by atoms with Crippen molar-refractivity contribution in [2.24, 2.45) is 0 Å². The fourth-order valence-corrected chi connectivity index (χ4v) is 1.75. The van der Waals surface area contributed by atoms with Crippen LogP contribution in [0.4, 0.5) is 5.69 Å². The summed E-state index contributed by atoms with van der Waals surface area (Å²) in [6.45, 7) is 6.35. The molecule has 0 spiro atoms. The van der Waals surface area contributed by atoms with E-state index in [-0.39, 0.29) is 0 Å². The van der Waals surface area contributed by atoms with Gasteiger partial charge in [0.05, 0.1) is 21.3 Å². The number of nitrogens with one attached hydrogen (secondary N) is 2. The highest BCUT2D eigenvalue weighted by Gasteiger charge is 2.13. The fourth-order valence-electron chi connectivity index (χ4n) is 1.56. The Morgan fingerprint density at radius 3 is 2.10 bits per heavy atom. The Kier molecular flexibility index (Phi) is 6.11. The van der Waals surface area contributed by atoms with Crippen molar-refractivity contribution >= 4 is 23.0 Å². The highest BCUT2D eigenvalue weighted by molar-refractivity contribution is 7.80. The molecule has 0 atom stereocenters. The average Bonchev–Trinajstić information content (AvgIpc) is 2.43. The SMILES string of the molecule is C=C(C)CNC(=S)Nc1cc(OC)c(OC)c(OC)c1. The Hall–Kier alpha value is -1.95. The Bertz CT molecular complexity index is 478. The van der Waals surface area contributed by atoms with E-state index in [1.807, 2.05) is 6.92 Å². The number of methoxy groups -OCH3 is 3. The van der Waals surface area contributed by atoms with Gasteiger partial charge in [0.15, 0.2) is 16.6 Å². The van der Waals surface area contributed by atoms with Crippen LogP contribution in [0.15, 0.2) is 24.3 Å². The molecule has 6 heteroatoms. The summed E-state index contributed by atoms with van der Waals surface area (Å²) in [6, 6.07) is 3.58. The average molecular weight is 296 g/mol. The van der Waals surface area contributed by atoms with Crippen LogP contribution in [0, 0.1) is 0 Å². The van der Waals surface area contributed by atoms with Crippen molar-refractivity contribution in [1.82, 2.24) is 5.32 Å². The van der Waals surface area contributed by atoms with Gasteiger partial charge >= 0.3 is 0 Å². The number of hydrogen-bond acceptors (Lipinski definition) is 4. The van der Waals surface area contributed by atoms with Crippen molar-refractivity contribution in [3.8, 4) is 17.2 Å². The summed E-state index contributed by atoms with van der Waals surface area (Å²) in [5.74, 6) is 1.68. The van der Waals surface area contributed by atoms with Gasteiger partial charge < -0.3 is 24.8 Å². The van der Waals surface area contributed by atoms with Gasteiger partial charge in [-0.05, 0) is 19.1 Å². The first kappa shape index (κ1) is 16.1. The smallest absolute Gasteiger partial charge is 0.203 e. The van der Waals surface area contributed by atoms with Crippen LogP contribution in [0.1, 0.15) is 6.92 Å². The second-order valence-electron chi connectivity index (χ2n) is 4.18. The second kappa shape index (κ2) is 7.59. The van der Waals surface area contributed by atoms with Crippen LogP contribution in [0.3, 0.4) is 0 Å². The van der Waals surface area contributed by atoms with Gasteiger partial charge in [-0.3, -0.25) is 0 Å². The third-order valence-electron chi connectivity index (χ3n) is 2.47. The predicted octanol–water partition coefficient (Wildman–Crippen LogP) is 2.57. The van der Waals surface area contributed by atoms with Gasteiger partial charge in [0.1, 0.15) is 0 Å². The maximum absolute atomic E-state index is 5.28. The molecule has 1 aromatic carbocycles. The summed E-state index contributed by atoms with van der Waals surface area (Å²) >= 11 is 5.20. The number of hydrogen-bond donors (Lipinski definition) is 2. The molecule has 0 bridgehead atoms. The molecule has 0 radical (unpaired) electrons. The Morgan fingerprint density at radius 1 is 1.15 bits per heavy atom. The largest absolute Gasteiger partial charge is 0.493 e. The van der Waals surface area contributed by atoms with E-state index >= 15 is 0 Å². The highest BCUT2D eigenvalue weighted by Crippen LogP contribution is 2.39. The lowest BCUT2D eigenvalue weighted by Crippen LogP contribution is -2.29. The van der Waals surface area contributed by atoms with E-state index in [4.69, 9.17) is 26.4 Å². The highest BCUT2D eigenvalue weighted by atomic mass is 32.1. The van der Waals surface area contributed by atoms with Crippen LogP contribution in [-0.2, 0) is 0 Å². The summed E-state index contributed by atoms with van der Waals surface area (Å²) in [6.07, 6.45) is 0. The second-order valence-corrected chi connectivity index (χ2v) is 4.59. The molecule has 0 fully saturated rings. The molecule has 110 valence electrons. The van der Waals surface area contributed by atoms with Crippen molar-refractivity contribution in [3.05, 3.63) is 24.3 Å². The van der Waals surface area contributed by atoms with Crippen molar-refractivity contribution in [3.63, 3.8) is 0 Å². The van der Waals surface area contributed by atoms with Crippen molar-refractivity contribution in [2.45, 2.75) is 6.92 Å². The number of anilines is 1. The van der Waals surface area contributed by atoms with E-state index in [0.717, 1.165) is 11.3 Å². The molecule has 0 heterocycles. The molecule has 1 aromatic rings. The van der Waals surface area contributed by atoms with E-state index in [0.29, 0.717) is 28.9 Å². The van der Waals surface area contributed by atoms with Crippen molar-refractivity contribution in [1.29, 1.82) is 0 Å². The minimum absolute atomic E-state index is 0.502. The molecule has 0 amide bonds. The zero-order chi connectivity index (χ0) is 15.1. The predicted molar refractivity (Wildman–Crippen MR) is 85.1 cm³/mol. The standard InChI is InChI=1S/C14H20N2O3S/c1-9(2)8-15-14(20)16-10-6-11(17-3)13(19-5)12(7-10)18-4/h6-7H,1,8H2,2-5H3,(H2,15,16,20). The van der Waals surface area contributed by atoms with Gasteiger partial charge in [0.25, 0.3) is 0 Å². The number of rotatable bonds is 6.